The fourth-order valence-electron chi connectivity index (χ4n) is 4.04. The molecule has 1 amide bonds. The van der Waals surface area contributed by atoms with E-state index in [0.29, 0.717) is 32.5 Å². The van der Waals surface area contributed by atoms with Crippen molar-refractivity contribution < 1.29 is 17.9 Å². The highest BCUT2D eigenvalue weighted by Crippen LogP contribution is 2.26. The topological polar surface area (TPSA) is 75.7 Å². The molecular formula is C25H28N2O4S. The van der Waals surface area contributed by atoms with Gasteiger partial charge in [0.25, 0.3) is 0 Å². The second kappa shape index (κ2) is 9.71. The molecule has 1 saturated heterocycles. The van der Waals surface area contributed by atoms with Crippen LogP contribution in [0, 0.1) is 12.8 Å². The summed E-state index contributed by atoms with van der Waals surface area (Å²) in [5.41, 5.74) is 1.01. The normalized spacial score (nSPS) is 17.2. The van der Waals surface area contributed by atoms with E-state index >= 15 is 0 Å². The number of ether oxygens (including phenoxy) is 1. The van der Waals surface area contributed by atoms with Crippen molar-refractivity contribution in [3.63, 3.8) is 0 Å². The molecular weight excluding hydrogens is 424 g/mol. The van der Waals surface area contributed by atoms with Crippen LogP contribution in [-0.2, 0) is 14.8 Å². The predicted octanol–water partition coefficient (Wildman–Crippen LogP) is 3.74. The summed E-state index contributed by atoms with van der Waals surface area (Å²) < 4.78 is 33.2. The average molecular weight is 453 g/mol. The molecule has 1 heterocycles. The summed E-state index contributed by atoms with van der Waals surface area (Å²) in [4.78, 5) is 13.0. The van der Waals surface area contributed by atoms with Crippen LogP contribution in [0.15, 0.2) is 71.6 Å². The first-order chi connectivity index (χ1) is 15.4. The van der Waals surface area contributed by atoms with Gasteiger partial charge < -0.3 is 10.1 Å². The van der Waals surface area contributed by atoms with E-state index in [1.165, 1.54) is 4.31 Å². The third-order valence-corrected chi connectivity index (χ3v) is 7.70. The SMILES string of the molecule is Cc1ccc(S(=O)(=O)N2CCC[C@@H](C(=O)NCCOc3cccc4ccccc34)C2)cc1. The molecule has 0 saturated carbocycles. The molecule has 0 spiro atoms. The minimum absolute atomic E-state index is 0.129. The van der Waals surface area contributed by atoms with Crippen molar-refractivity contribution in [2.24, 2.45) is 5.92 Å². The van der Waals surface area contributed by atoms with E-state index < -0.39 is 10.0 Å². The standard InChI is InChI=1S/C25H28N2O4S/c1-19-11-13-22(14-12-19)32(29,30)27-16-5-8-21(18-27)25(28)26-15-17-31-24-10-4-7-20-6-2-3-9-23(20)24/h2-4,6-7,9-14,21H,5,8,15-18H2,1H3,(H,26,28)/t21-/m1/s1. The number of piperidine rings is 1. The van der Waals surface area contributed by atoms with Gasteiger partial charge in [0.05, 0.1) is 17.4 Å². The summed E-state index contributed by atoms with van der Waals surface area (Å²) in [5.74, 6) is 0.294. The lowest BCUT2D eigenvalue weighted by Crippen LogP contribution is -2.45. The van der Waals surface area contributed by atoms with Gasteiger partial charge in [-0.2, -0.15) is 4.31 Å². The minimum Gasteiger partial charge on any atom is -0.491 e. The van der Waals surface area contributed by atoms with Gasteiger partial charge in [-0.1, -0.05) is 54.1 Å². The Kier molecular flexibility index (Phi) is 6.77. The summed E-state index contributed by atoms with van der Waals surface area (Å²) in [6, 6.07) is 20.7. The fraction of sp³-hybridized carbons (Fsp3) is 0.320. The molecule has 1 atom stereocenters. The molecule has 1 N–H and O–H groups in total. The van der Waals surface area contributed by atoms with Crippen LogP contribution in [0.25, 0.3) is 10.8 Å². The van der Waals surface area contributed by atoms with Crippen molar-refractivity contribution in [1.82, 2.24) is 9.62 Å². The molecule has 0 radical (unpaired) electrons. The van der Waals surface area contributed by atoms with Crippen molar-refractivity contribution in [3.05, 3.63) is 72.3 Å². The Balaban J connectivity index is 1.31. The van der Waals surface area contributed by atoms with E-state index in [1.807, 2.05) is 49.4 Å². The highest BCUT2D eigenvalue weighted by atomic mass is 32.2. The number of benzene rings is 3. The van der Waals surface area contributed by atoms with Gasteiger partial charge >= 0.3 is 0 Å². The maximum absolute atomic E-state index is 13.0. The Labute approximate surface area is 189 Å². The fourth-order valence-corrected chi connectivity index (χ4v) is 5.56. The van der Waals surface area contributed by atoms with Gasteiger partial charge in [-0.25, -0.2) is 8.42 Å². The zero-order chi connectivity index (χ0) is 22.6. The Bertz CT molecular complexity index is 1190. The summed E-state index contributed by atoms with van der Waals surface area (Å²) in [6.07, 6.45) is 1.34. The van der Waals surface area contributed by atoms with Gasteiger partial charge in [0.15, 0.2) is 0 Å². The maximum Gasteiger partial charge on any atom is 0.243 e. The number of nitrogens with one attached hydrogen (secondary N) is 1. The van der Waals surface area contributed by atoms with Crippen molar-refractivity contribution >= 4 is 26.7 Å². The molecule has 1 aliphatic heterocycles. The van der Waals surface area contributed by atoms with Crippen LogP contribution in [0.2, 0.25) is 0 Å². The summed E-state index contributed by atoms with van der Waals surface area (Å²) in [7, 11) is -3.60. The quantitative estimate of drug-likeness (QED) is 0.554. The Hall–Kier alpha value is -2.90. The molecule has 168 valence electrons. The molecule has 4 rings (SSSR count). The van der Waals surface area contributed by atoms with E-state index in [0.717, 1.165) is 22.1 Å². The molecule has 0 aliphatic carbocycles. The monoisotopic (exact) mass is 452 g/mol. The Morgan fingerprint density at radius 3 is 2.62 bits per heavy atom. The number of hydrogen-bond donors (Lipinski definition) is 1. The molecule has 1 fully saturated rings. The van der Waals surface area contributed by atoms with Crippen LogP contribution in [0.3, 0.4) is 0 Å². The zero-order valence-corrected chi connectivity index (χ0v) is 19.0. The van der Waals surface area contributed by atoms with Crippen molar-refractivity contribution in [2.75, 3.05) is 26.2 Å². The lowest BCUT2D eigenvalue weighted by atomic mass is 9.99. The van der Waals surface area contributed by atoms with Crippen LogP contribution >= 0.6 is 0 Å². The third kappa shape index (κ3) is 4.95. The third-order valence-electron chi connectivity index (χ3n) is 5.82. The van der Waals surface area contributed by atoms with E-state index in [2.05, 4.69) is 5.32 Å². The molecule has 0 unspecified atom stereocenters. The van der Waals surface area contributed by atoms with Crippen LogP contribution in [0.5, 0.6) is 5.75 Å². The second-order valence-corrected chi connectivity index (χ2v) is 10.1. The number of sulfonamides is 1. The molecule has 6 nitrogen and oxygen atoms in total. The zero-order valence-electron chi connectivity index (χ0n) is 18.2. The molecule has 1 aliphatic rings. The van der Waals surface area contributed by atoms with Gasteiger partial charge in [0.1, 0.15) is 12.4 Å². The molecule has 7 heteroatoms. The van der Waals surface area contributed by atoms with E-state index in [1.54, 1.807) is 24.3 Å². The minimum atomic E-state index is -3.60. The number of rotatable bonds is 7. The number of hydrogen-bond acceptors (Lipinski definition) is 4. The maximum atomic E-state index is 13.0. The molecule has 0 aromatic heterocycles. The smallest absolute Gasteiger partial charge is 0.243 e. The second-order valence-electron chi connectivity index (χ2n) is 8.13. The number of nitrogens with zero attached hydrogens (tertiary/aromatic N) is 1. The number of carbonyl (C=O) groups excluding carboxylic acids is 1. The summed E-state index contributed by atoms with van der Waals surface area (Å²) in [6.45, 7) is 3.26. The lowest BCUT2D eigenvalue weighted by Gasteiger charge is -2.31. The van der Waals surface area contributed by atoms with Crippen LogP contribution in [0.1, 0.15) is 18.4 Å². The number of fused-ring (bicyclic) bond motifs is 1. The largest absolute Gasteiger partial charge is 0.491 e. The van der Waals surface area contributed by atoms with E-state index in [-0.39, 0.29) is 23.3 Å². The predicted molar refractivity (Wildman–Crippen MR) is 125 cm³/mol. The Morgan fingerprint density at radius 2 is 1.81 bits per heavy atom. The number of carbonyl (C=O) groups is 1. The number of aryl methyl sites for hydroxylation is 1. The van der Waals surface area contributed by atoms with Crippen molar-refractivity contribution in [3.8, 4) is 5.75 Å². The van der Waals surface area contributed by atoms with Gasteiger partial charge in [-0.15, -0.1) is 0 Å². The van der Waals surface area contributed by atoms with Gasteiger partial charge in [-0.3, -0.25) is 4.79 Å². The van der Waals surface area contributed by atoms with Crippen LogP contribution in [0.4, 0.5) is 0 Å². The first-order valence-corrected chi connectivity index (χ1v) is 12.3. The first kappa shape index (κ1) is 22.3. The molecule has 0 bridgehead atoms. The van der Waals surface area contributed by atoms with Gasteiger partial charge in [0, 0.05) is 18.5 Å². The lowest BCUT2D eigenvalue weighted by molar-refractivity contribution is -0.126. The van der Waals surface area contributed by atoms with E-state index in [9.17, 15) is 13.2 Å². The van der Waals surface area contributed by atoms with Gasteiger partial charge in [-0.05, 0) is 43.4 Å². The molecule has 3 aromatic carbocycles. The highest BCUT2D eigenvalue weighted by molar-refractivity contribution is 7.89. The summed E-state index contributed by atoms with van der Waals surface area (Å²) in [5, 5.41) is 5.04. The highest BCUT2D eigenvalue weighted by Gasteiger charge is 2.33. The van der Waals surface area contributed by atoms with Crippen LogP contribution < -0.4 is 10.1 Å². The number of amides is 1. The molecule has 3 aromatic rings. The van der Waals surface area contributed by atoms with Crippen LogP contribution in [-0.4, -0.2) is 44.9 Å². The van der Waals surface area contributed by atoms with Crippen molar-refractivity contribution in [2.45, 2.75) is 24.7 Å². The average Bonchev–Trinajstić information content (AvgIpc) is 2.82. The van der Waals surface area contributed by atoms with E-state index in [4.69, 9.17) is 4.74 Å². The first-order valence-electron chi connectivity index (χ1n) is 10.9. The summed E-state index contributed by atoms with van der Waals surface area (Å²) >= 11 is 0. The Morgan fingerprint density at radius 1 is 1.06 bits per heavy atom. The van der Waals surface area contributed by atoms with Crippen molar-refractivity contribution in [1.29, 1.82) is 0 Å². The molecule has 32 heavy (non-hydrogen) atoms. The van der Waals surface area contributed by atoms with Gasteiger partial charge in [0.2, 0.25) is 15.9 Å².